The number of rotatable bonds is 3. The number of likely N-dealkylation sites (tertiary alicyclic amines) is 2. The summed E-state index contributed by atoms with van der Waals surface area (Å²) in [6, 6.07) is 12.7. The second-order valence-electron chi connectivity index (χ2n) is 9.71. The Kier molecular flexibility index (Phi) is 5.26. The van der Waals surface area contributed by atoms with E-state index in [1.54, 1.807) is 4.90 Å². The van der Waals surface area contributed by atoms with E-state index in [1.807, 2.05) is 23.1 Å². The summed E-state index contributed by atoms with van der Waals surface area (Å²) in [5.74, 6) is -1.50. The minimum absolute atomic E-state index is 0.00721. The maximum atomic E-state index is 14.4. The Morgan fingerprint density at radius 1 is 0.938 bits per heavy atom. The van der Waals surface area contributed by atoms with Gasteiger partial charge in [0, 0.05) is 32.1 Å². The van der Waals surface area contributed by atoms with Crippen LogP contribution in [0, 0.1) is 29.9 Å². The van der Waals surface area contributed by atoms with Gasteiger partial charge in [-0.25, -0.2) is 8.78 Å². The van der Waals surface area contributed by atoms with Crippen molar-refractivity contribution < 1.29 is 18.4 Å². The monoisotopic (exact) mass is 438 g/mol. The molecule has 2 aliphatic heterocycles. The van der Waals surface area contributed by atoms with Crippen LogP contribution < -0.4 is 0 Å². The normalized spacial score (nSPS) is 24.1. The Bertz CT molecular complexity index is 1050. The van der Waals surface area contributed by atoms with Gasteiger partial charge in [0.15, 0.2) is 0 Å². The van der Waals surface area contributed by atoms with E-state index < -0.39 is 23.1 Å². The summed E-state index contributed by atoms with van der Waals surface area (Å²) in [6.07, 6.45) is 3.35. The second kappa shape index (κ2) is 7.98. The van der Waals surface area contributed by atoms with Gasteiger partial charge in [-0.05, 0) is 61.1 Å². The molecule has 3 fully saturated rings. The zero-order valence-electron chi connectivity index (χ0n) is 18.3. The summed E-state index contributed by atoms with van der Waals surface area (Å²) in [4.78, 5) is 29.4. The fourth-order valence-corrected chi connectivity index (χ4v) is 5.50. The highest BCUT2D eigenvalue weighted by Gasteiger charge is 2.49. The van der Waals surface area contributed by atoms with Gasteiger partial charge < -0.3 is 9.80 Å². The Morgan fingerprint density at radius 3 is 2.28 bits per heavy atom. The van der Waals surface area contributed by atoms with E-state index in [-0.39, 0.29) is 22.8 Å². The number of benzene rings is 2. The summed E-state index contributed by atoms with van der Waals surface area (Å²) in [6.45, 7) is 3.93. The van der Waals surface area contributed by atoms with Gasteiger partial charge in [0.05, 0.1) is 0 Å². The van der Waals surface area contributed by atoms with Crippen LogP contribution in [0.4, 0.5) is 8.78 Å². The molecule has 0 N–H and O–H groups in total. The molecule has 5 rings (SSSR count). The van der Waals surface area contributed by atoms with E-state index in [9.17, 15) is 18.4 Å². The van der Waals surface area contributed by atoms with Gasteiger partial charge in [-0.2, -0.15) is 0 Å². The van der Waals surface area contributed by atoms with Crippen LogP contribution in [0.2, 0.25) is 0 Å². The first-order chi connectivity index (χ1) is 15.4. The number of piperidine rings is 1. The number of aryl methyl sites for hydroxylation is 1. The summed E-state index contributed by atoms with van der Waals surface area (Å²) < 4.78 is 28.6. The van der Waals surface area contributed by atoms with Crippen molar-refractivity contribution in [1.29, 1.82) is 0 Å². The molecule has 4 nitrogen and oxygen atoms in total. The van der Waals surface area contributed by atoms with E-state index in [0.29, 0.717) is 19.0 Å². The molecule has 2 aromatic carbocycles. The van der Waals surface area contributed by atoms with Gasteiger partial charge >= 0.3 is 0 Å². The van der Waals surface area contributed by atoms with E-state index in [4.69, 9.17) is 0 Å². The lowest BCUT2D eigenvalue weighted by atomic mass is 9.77. The zero-order chi connectivity index (χ0) is 22.5. The van der Waals surface area contributed by atoms with Gasteiger partial charge in [0.2, 0.25) is 5.91 Å². The molecular formula is C26H28F2N2O2. The van der Waals surface area contributed by atoms with Crippen LogP contribution in [-0.2, 0) is 4.79 Å². The molecular weight excluding hydrogens is 410 g/mol. The third-order valence-corrected chi connectivity index (χ3v) is 7.69. The molecule has 2 atom stereocenters. The van der Waals surface area contributed by atoms with Crippen molar-refractivity contribution in [3.8, 4) is 0 Å². The topological polar surface area (TPSA) is 40.6 Å². The van der Waals surface area contributed by atoms with Crippen molar-refractivity contribution in [2.75, 3.05) is 26.2 Å². The predicted octanol–water partition coefficient (Wildman–Crippen LogP) is 4.53. The van der Waals surface area contributed by atoms with Gasteiger partial charge in [-0.15, -0.1) is 0 Å². The predicted molar refractivity (Wildman–Crippen MR) is 117 cm³/mol. The minimum atomic E-state index is -0.812. The van der Waals surface area contributed by atoms with Crippen molar-refractivity contribution >= 4 is 11.8 Å². The maximum Gasteiger partial charge on any atom is 0.259 e. The molecule has 2 saturated heterocycles. The molecule has 3 aliphatic rings. The lowest BCUT2D eigenvalue weighted by Crippen LogP contribution is -2.45. The number of hydrogen-bond acceptors (Lipinski definition) is 2. The number of amides is 2. The van der Waals surface area contributed by atoms with Crippen molar-refractivity contribution in [2.45, 2.75) is 38.5 Å². The number of carbonyl (C=O) groups excluding carboxylic acids is 2. The highest BCUT2D eigenvalue weighted by Crippen LogP contribution is 2.50. The molecule has 1 saturated carbocycles. The van der Waals surface area contributed by atoms with Crippen LogP contribution >= 0.6 is 0 Å². The van der Waals surface area contributed by atoms with Crippen LogP contribution in [0.25, 0.3) is 0 Å². The Morgan fingerprint density at radius 2 is 1.59 bits per heavy atom. The van der Waals surface area contributed by atoms with Gasteiger partial charge in [-0.3, -0.25) is 9.59 Å². The summed E-state index contributed by atoms with van der Waals surface area (Å²) in [5.41, 5.74) is 1.06. The van der Waals surface area contributed by atoms with E-state index >= 15 is 0 Å². The molecule has 2 heterocycles. The standard InChI is InChI=1S/C26H28F2N2O2/c1-17-7-8-21(27)22(23(17)28)25(32)29-12-9-26(10-13-29)11-14-30(16-26)24(31)20-15-19(20)18-5-3-2-4-6-18/h2-8,19-20H,9-16H2,1H3. The lowest BCUT2D eigenvalue weighted by molar-refractivity contribution is -0.132. The van der Waals surface area contributed by atoms with Crippen molar-refractivity contribution in [1.82, 2.24) is 9.80 Å². The van der Waals surface area contributed by atoms with Gasteiger partial charge in [0.1, 0.15) is 17.2 Å². The highest BCUT2D eigenvalue weighted by atomic mass is 19.1. The van der Waals surface area contributed by atoms with E-state index in [1.165, 1.54) is 18.6 Å². The zero-order valence-corrected chi connectivity index (χ0v) is 18.3. The van der Waals surface area contributed by atoms with E-state index in [2.05, 4.69) is 12.1 Å². The molecule has 168 valence electrons. The second-order valence-corrected chi connectivity index (χ2v) is 9.71. The van der Waals surface area contributed by atoms with Crippen LogP contribution in [-0.4, -0.2) is 47.8 Å². The third-order valence-electron chi connectivity index (χ3n) is 7.69. The molecule has 1 spiro atoms. The first-order valence-corrected chi connectivity index (χ1v) is 11.5. The number of carbonyl (C=O) groups is 2. The fraction of sp³-hybridized carbons (Fsp3) is 0.462. The van der Waals surface area contributed by atoms with Gasteiger partial charge in [-0.1, -0.05) is 36.4 Å². The van der Waals surface area contributed by atoms with E-state index in [0.717, 1.165) is 44.8 Å². The van der Waals surface area contributed by atoms with Crippen molar-refractivity contribution in [3.05, 3.63) is 70.8 Å². The fourth-order valence-electron chi connectivity index (χ4n) is 5.50. The first kappa shape index (κ1) is 21.1. The highest BCUT2D eigenvalue weighted by molar-refractivity contribution is 5.95. The summed E-state index contributed by atoms with van der Waals surface area (Å²) in [5, 5.41) is 0. The number of nitrogens with zero attached hydrogens (tertiary/aromatic N) is 2. The average molecular weight is 439 g/mol. The first-order valence-electron chi connectivity index (χ1n) is 11.5. The molecule has 0 aromatic heterocycles. The average Bonchev–Trinajstić information content (AvgIpc) is 3.51. The van der Waals surface area contributed by atoms with Crippen LogP contribution in [0.3, 0.4) is 0 Å². The largest absolute Gasteiger partial charge is 0.342 e. The van der Waals surface area contributed by atoms with Crippen molar-refractivity contribution in [3.63, 3.8) is 0 Å². The molecule has 0 radical (unpaired) electrons. The number of halogens is 2. The maximum absolute atomic E-state index is 14.4. The van der Waals surface area contributed by atoms with Crippen LogP contribution in [0.15, 0.2) is 42.5 Å². The molecule has 2 unspecified atom stereocenters. The molecule has 6 heteroatoms. The molecule has 0 bridgehead atoms. The number of hydrogen-bond donors (Lipinski definition) is 0. The lowest BCUT2D eigenvalue weighted by Gasteiger charge is -2.39. The SMILES string of the molecule is Cc1ccc(F)c(C(=O)N2CCC3(CC2)CCN(C(=O)C2CC2c2ccccc2)C3)c1F. The Hall–Kier alpha value is -2.76. The quantitative estimate of drug-likeness (QED) is 0.706. The molecule has 2 aromatic rings. The molecule has 1 aliphatic carbocycles. The summed E-state index contributed by atoms with van der Waals surface area (Å²) >= 11 is 0. The minimum Gasteiger partial charge on any atom is -0.342 e. The van der Waals surface area contributed by atoms with Gasteiger partial charge in [0.25, 0.3) is 5.91 Å². The molecule has 2 amide bonds. The third kappa shape index (κ3) is 3.70. The van der Waals surface area contributed by atoms with Crippen LogP contribution in [0.1, 0.15) is 53.1 Å². The molecule has 32 heavy (non-hydrogen) atoms. The summed E-state index contributed by atoms with van der Waals surface area (Å²) in [7, 11) is 0. The van der Waals surface area contributed by atoms with Crippen LogP contribution in [0.5, 0.6) is 0 Å². The van der Waals surface area contributed by atoms with Crippen molar-refractivity contribution in [2.24, 2.45) is 11.3 Å². The Balaban J connectivity index is 1.19. The Labute approximate surface area is 187 Å². The smallest absolute Gasteiger partial charge is 0.259 e.